The summed E-state index contributed by atoms with van der Waals surface area (Å²) in [6.45, 7) is 2.34. The van der Waals surface area contributed by atoms with Crippen LogP contribution in [-0.2, 0) is 0 Å². The molecule has 2 aliphatic carbocycles. The minimum atomic E-state index is 0.481. The van der Waals surface area contributed by atoms with Gasteiger partial charge in [-0.05, 0) is 38.0 Å². The van der Waals surface area contributed by atoms with E-state index < -0.39 is 0 Å². The molecule has 3 unspecified atom stereocenters. The van der Waals surface area contributed by atoms with Crippen LogP contribution in [0.4, 0.5) is 0 Å². The Balaban J connectivity index is 1.81. The van der Waals surface area contributed by atoms with Crippen molar-refractivity contribution in [1.82, 2.24) is 0 Å². The van der Waals surface area contributed by atoms with E-state index in [0.717, 1.165) is 16.4 Å². The van der Waals surface area contributed by atoms with Crippen molar-refractivity contribution in [3.05, 3.63) is 0 Å². The lowest BCUT2D eigenvalue weighted by atomic mass is 9.84. The third kappa shape index (κ3) is 3.40. The Morgan fingerprint density at radius 1 is 1.06 bits per heavy atom. The van der Waals surface area contributed by atoms with Crippen molar-refractivity contribution in [3.63, 3.8) is 0 Å². The molecule has 2 rings (SSSR count). The van der Waals surface area contributed by atoms with Gasteiger partial charge in [0.1, 0.15) is 0 Å². The molecule has 0 amide bonds. The monoisotopic (exact) mass is 241 g/mol. The highest BCUT2D eigenvalue weighted by Crippen LogP contribution is 2.39. The first-order valence-corrected chi connectivity index (χ1v) is 8.15. The summed E-state index contributed by atoms with van der Waals surface area (Å²) in [7, 11) is 0. The summed E-state index contributed by atoms with van der Waals surface area (Å²) in [5.74, 6) is 0.959. The van der Waals surface area contributed by atoms with Gasteiger partial charge in [-0.3, -0.25) is 0 Å². The molecule has 0 spiro atoms. The summed E-state index contributed by atoms with van der Waals surface area (Å²) in [6.07, 6.45) is 12.7. The second kappa shape index (κ2) is 6.30. The van der Waals surface area contributed by atoms with Crippen molar-refractivity contribution < 1.29 is 0 Å². The van der Waals surface area contributed by atoms with Crippen LogP contribution in [0.15, 0.2) is 0 Å². The molecule has 2 heteroatoms. The predicted molar refractivity (Wildman–Crippen MR) is 73.9 cm³/mol. The van der Waals surface area contributed by atoms with Crippen LogP contribution in [-0.4, -0.2) is 16.5 Å². The van der Waals surface area contributed by atoms with E-state index in [4.69, 9.17) is 5.73 Å². The zero-order valence-corrected chi connectivity index (χ0v) is 11.5. The van der Waals surface area contributed by atoms with E-state index in [2.05, 4.69) is 18.7 Å². The number of rotatable bonds is 3. The highest BCUT2D eigenvalue weighted by atomic mass is 32.2. The Bertz CT molecular complexity index is 201. The molecule has 2 aliphatic rings. The van der Waals surface area contributed by atoms with Crippen LogP contribution in [0.5, 0.6) is 0 Å². The van der Waals surface area contributed by atoms with Crippen molar-refractivity contribution in [2.45, 2.75) is 81.3 Å². The molecule has 0 aromatic rings. The summed E-state index contributed by atoms with van der Waals surface area (Å²) in [5, 5.41) is 1.70. The van der Waals surface area contributed by atoms with Crippen LogP contribution >= 0.6 is 11.8 Å². The van der Waals surface area contributed by atoms with Crippen molar-refractivity contribution in [3.8, 4) is 0 Å². The quantitative estimate of drug-likeness (QED) is 0.809. The van der Waals surface area contributed by atoms with Crippen molar-refractivity contribution in [1.29, 1.82) is 0 Å². The molecule has 1 nitrogen and oxygen atoms in total. The summed E-state index contributed by atoms with van der Waals surface area (Å²) >= 11 is 2.24. The molecule has 0 aromatic carbocycles. The van der Waals surface area contributed by atoms with Crippen LogP contribution in [0.1, 0.15) is 64.7 Å². The van der Waals surface area contributed by atoms with Crippen LogP contribution in [0.25, 0.3) is 0 Å². The molecule has 3 atom stereocenters. The van der Waals surface area contributed by atoms with E-state index in [-0.39, 0.29) is 0 Å². The highest BCUT2D eigenvalue weighted by molar-refractivity contribution is 8.00. The average molecular weight is 241 g/mol. The molecule has 2 fully saturated rings. The third-order valence-electron chi connectivity index (χ3n) is 4.45. The molecule has 16 heavy (non-hydrogen) atoms. The number of hydrogen-bond donors (Lipinski definition) is 1. The lowest BCUT2D eigenvalue weighted by Gasteiger charge is -2.36. The Hall–Kier alpha value is 0.310. The molecule has 0 aliphatic heterocycles. The topological polar surface area (TPSA) is 26.0 Å². The predicted octanol–water partition coefficient (Wildman–Crippen LogP) is 3.96. The first-order chi connectivity index (χ1) is 7.79. The Morgan fingerprint density at radius 2 is 1.81 bits per heavy atom. The Morgan fingerprint density at radius 3 is 2.50 bits per heavy atom. The van der Waals surface area contributed by atoms with Crippen molar-refractivity contribution in [2.75, 3.05) is 0 Å². The average Bonchev–Trinajstić information content (AvgIpc) is 2.33. The van der Waals surface area contributed by atoms with E-state index in [9.17, 15) is 0 Å². The number of thioether (sulfide) groups is 1. The summed E-state index contributed by atoms with van der Waals surface area (Å²) in [6, 6.07) is 0.481. The van der Waals surface area contributed by atoms with Crippen molar-refractivity contribution >= 4 is 11.8 Å². The molecule has 0 aromatic heterocycles. The van der Waals surface area contributed by atoms with Gasteiger partial charge in [0.2, 0.25) is 0 Å². The van der Waals surface area contributed by atoms with Crippen LogP contribution in [0.2, 0.25) is 0 Å². The Labute approximate surface area is 105 Å². The van der Waals surface area contributed by atoms with Crippen LogP contribution < -0.4 is 5.73 Å². The van der Waals surface area contributed by atoms with E-state index >= 15 is 0 Å². The van der Waals surface area contributed by atoms with Gasteiger partial charge in [0.05, 0.1) is 0 Å². The van der Waals surface area contributed by atoms with E-state index in [1.54, 1.807) is 0 Å². The smallest absolute Gasteiger partial charge is 0.0204 e. The third-order valence-corrected chi connectivity index (χ3v) is 6.20. The lowest BCUT2D eigenvalue weighted by Crippen LogP contribution is -2.39. The minimum Gasteiger partial charge on any atom is -0.327 e. The van der Waals surface area contributed by atoms with Gasteiger partial charge in [0, 0.05) is 16.5 Å². The van der Waals surface area contributed by atoms with Gasteiger partial charge in [0.25, 0.3) is 0 Å². The van der Waals surface area contributed by atoms with Crippen LogP contribution in [0, 0.1) is 5.92 Å². The van der Waals surface area contributed by atoms with Crippen LogP contribution in [0.3, 0.4) is 0 Å². The van der Waals surface area contributed by atoms with E-state index in [0.29, 0.717) is 6.04 Å². The Kier molecular flexibility index (Phi) is 5.02. The van der Waals surface area contributed by atoms with Gasteiger partial charge in [-0.15, -0.1) is 0 Å². The first kappa shape index (κ1) is 12.8. The molecule has 94 valence electrons. The fourth-order valence-electron chi connectivity index (χ4n) is 3.21. The molecule has 0 saturated heterocycles. The van der Waals surface area contributed by atoms with Gasteiger partial charge in [0.15, 0.2) is 0 Å². The molecule has 0 heterocycles. The SMILES string of the molecule is CCC1CCC(N)C(SC2CCCCC2)C1. The molecule has 2 saturated carbocycles. The number of hydrogen-bond acceptors (Lipinski definition) is 2. The van der Waals surface area contributed by atoms with Gasteiger partial charge < -0.3 is 5.73 Å². The maximum atomic E-state index is 6.29. The van der Waals surface area contributed by atoms with Gasteiger partial charge in [-0.1, -0.05) is 32.6 Å². The highest BCUT2D eigenvalue weighted by Gasteiger charge is 2.30. The zero-order valence-electron chi connectivity index (χ0n) is 10.7. The second-order valence-electron chi connectivity index (χ2n) is 5.69. The molecule has 0 radical (unpaired) electrons. The van der Waals surface area contributed by atoms with E-state index in [1.807, 2.05) is 0 Å². The second-order valence-corrected chi connectivity index (χ2v) is 7.23. The lowest BCUT2D eigenvalue weighted by molar-refractivity contribution is 0.326. The number of nitrogens with two attached hydrogens (primary N) is 1. The molecular formula is C14H27NS. The van der Waals surface area contributed by atoms with Gasteiger partial charge >= 0.3 is 0 Å². The van der Waals surface area contributed by atoms with Gasteiger partial charge in [-0.25, -0.2) is 0 Å². The normalized spacial score (nSPS) is 37.5. The summed E-state index contributed by atoms with van der Waals surface area (Å²) < 4.78 is 0. The largest absolute Gasteiger partial charge is 0.327 e. The van der Waals surface area contributed by atoms with Crippen molar-refractivity contribution in [2.24, 2.45) is 11.7 Å². The summed E-state index contributed by atoms with van der Waals surface area (Å²) in [5.41, 5.74) is 6.29. The van der Waals surface area contributed by atoms with Gasteiger partial charge in [-0.2, -0.15) is 11.8 Å². The molecule has 0 bridgehead atoms. The first-order valence-electron chi connectivity index (χ1n) is 7.20. The zero-order chi connectivity index (χ0) is 11.4. The summed E-state index contributed by atoms with van der Waals surface area (Å²) in [4.78, 5) is 0. The maximum absolute atomic E-state index is 6.29. The van der Waals surface area contributed by atoms with E-state index in [1.165, 1.54) is 57.8 Å². The molecular weight excluding hydrogens is 214 g/mol. The fraction of sp³-hybridized carbons (Fsp3) is 1.00. The minimum absolute atomic E-state index is 0.481. The fourth-order valence-corrected chi connectivity index (χ4v) is 5.03. The maximum Gasteiger partial charge on any atom is 0.0204 e. The molecule has 2 N–H and O–H groups in total. The standard InChI is InChI=1S/C14H27NS/c1-2-11-8-9-13(15)14(10-11)16-12-6-4-3-5-7-12/h11-14H,2-10,15H2,1H3.